The Hall–Kier alpha value is -2.19. The third-order valence-corrected chi connectivity index (χ3v) is 8.19. The van der Waals surface area contributed by atoms with Crippen molar-refractivity contribution in [3.8, 4) is 0 Å². The Morgan fingerprint density at radius 3 is 2.76 bits per heavy atom. The van der Waals surface area contributed by atoms with Gasteiger partial charge in [0, 0.05) is 19.6 Å². The van der Waals surface area contributed by atoms with E-state index >= 15 is 0 Å². The summed E-state index contributed by atoms with van der Waals surface area (Å²) in [4.78, 5) is 29.9. The molecule has 0 N–H and O–H groups in total. The Morgan fingerprint density at radius 2 is 2.03 bits per heavy atom. The van der Waals surface area contributed by atoms with E-state index in [-0.39, 0.29) is 36.4 Å². The molecule has 7 nitrogen and oxygen atoms in total. The van der Waals surface area contributed by atoms with Crippen molar-refractivity contribution < 1.29 is 22.7 Å². The highest BCUT2D eigenvalue weighted by atomic mass is 32.2. The van der Waals surface area contributed by atoms with Gasteiger partial charge in [-0.2, -0.15) is 0 Å². The lowest BCUT2D eigenvalue weighted by molar-refractivity contribution is -0.143. The van der Waals surface area contributed by atoms with Gasteiger partial charge in [-0.15, -0.1) is 0 Å². The van der Waals surface area contributed by atoms with Gasteiger partial charge in [0.25, 0.3) is 0 Å². The Bertz CT molecular complexity index is 1010. The lowest BCUT2D eigenvalue weighted by Gasteiger charge is -2.32. The Balaban J connectivity index is 1.37. The van der Waals surface area contributed by atoms with Crippen LogP contribution in [0.3, 0.4) is 0 Å². The third kappa shape index (κ3) is 3.00. The average molecular weight is 416 g/mol. The van der Waals surface area contributed by atoms with E-state index < -0.39 is 33.4 Å². The smallest absolute Gasteiger partial charge is 0.230 e. The van der Waals surface area contributed by atoms with Crippen molar-refractivity contribution in [3.63, 3.8) is 0 Å². The predicted molar refractivity (Wildman–Crippen MR) is 106 cm³/mol. The molecule has 8 heteroatoms. The Kier molecular flexibility index (Phi) is 4.15. The number of amides is 2. The van der Waals surface area contributed by atoms with Crippen molar-refractivity contribution in [1.29, 1.82) is 0 Å². The minimum Gasteiger partial charge on any atom is -0.360 e. The fourth-order valence-corrected chi connectivity index (χ4v) is 6.37. The molecule has 0 saturated carbocycles. The van der Waals surface area contributed by atoms with Crippen LogP contribution in [0.2, 0.25) is 0 Å². The maximum Gasteiger partial charge on any atom is 0.230 e. The molecule has 2 amide bonds. The van der Waals surface area contributed by atoms with Crippen molar-refractivity contribution in [1.82, 2.24) is 9.80 Å². The standard InChI is InChI=1S/C21H24N2O5S/c1-14-3-2-4-15(11-14)12-23-13-21-6-5-16(28-21)17(18(21)20(23)25)19(24)22-7-9-29(26,27)10-8-22/h2-6,11,16-18H,7-10,12-13H2,1H3/t16-,17?,18?,21-/m0/s1. The third-order valence-electron chi connectivity index (χ3n) is 6.58. The van der Waals surface area contributed by atoms with Crippen LogP contribution in [0.4, 0.5) is 0 Å². The molecular weight excluding hydrogens is 392 g/mol. The summed E-state index contributed by atoms with van der Waals surface area (Å²) >= 11 is 0. The number of benzene rings is 1. The summed E-state index contributed by atoms with van der Waals surface area (Å²) < 4.78 is 29.6. The number of hydrogen-bond acceptors (Lipinski definition) is 5. The van der Waals surface area contributed by atoms with Crippen LogP contribution < -0.4 is 0 Å². The van der Waals surface area contributed by atoms with Gasteiger partial charge < -0.3 is 14.5 Å². The highest BCUT2D eigenvalue weighted by molar-refractivity contribution is 7.91. The van der Waals surface area contributed by atoms with Gasteiger partial charge in [0.15, 0.2) is 9.84 Å². The van der Waals surface area contributed by atoms with Crippen molar-refractivity contribution in [3.05, 3.63) is 47.5 Å². The highest BCUT2D eigenvalue weighted by Crippen LogP contribution is 2.52. The van der Waals surface area contributed by atoms with Crippen molar-refractivity contribution in [2.24, 2.45) is 11.8 Å². The first-order chi connectivity index (χ1) is 13.8. The van der Waals surface area contributed by atoms with Gasteiger partial charge in [-0.3, -0.25) is 9.59 Å². The molecule has 29 heavy (non-hydrogen) atoms. The zero-order chi connectivity index (χ0) is 20.4. The van der Waals surface area contributed by atoms with Gasteiger partial charge in [0.05, 0.1) is 36.0 Å². The highest BCUT2D eigenvalue weighted by Gasteiger charge is 2.67. The van der Waals surface area contributed by atoms with Crippen molar-refractivity contribution in [2.45, 2.75) is 25.2 Å². The number of ether oxygens (including phenoxy) is 1. The van der Waals surface area contributed by atoms with Gasteiger partial charge >= 0.3 is 0 Å². The summed E-state index contributed by atoms with van der Waals surface area (Å²) in [6.45, 7) is 3.33. The second kappa shape index (κ2) is 6.40. The van der Waals surface area contributed by atoms with Crippen LogP contribution in [0.5, 0.6) is 0 Å². The first kappa shape index (κ1) is 18.8. The van der Waals surface area contributed by atoms with Crippen LogP contribution in [0.15, 0.2) is 36.4 Å². The molecule has 4 atom stereocenters. The molecule has 5 rings (SSSR count). The minimum atomic E-state index is -3.07. The van der Waals surface area contributed by atoms with E-state index in [1.165, 1.54) is 0 Å². The number of rotatable bonds is 3. The zero-order valence-corrected chi connectivity index (χ0v) is 17.1. The molecule has 0 radical (unpaired) electrons. The van der Waals surface area contributed by atoms with Gasteiger partial charge in [0.2, 0.25) is 11.8 Å². The molecule has 1 spiro atoms. The van der Waals surface area contributed by atoms with E-state index in [4.69, 9.17) is 4.74 Å². The lowest BCUT2D eigenvalue weighted by atomic mass is 9.76. The van der Waals surface area contributed by atoms with E-state index in [1.54, 1.807) is 9.80 Å². The van der Waals surface area contributed by atoms with Crippen LogP contribution in [-0.2, 0) is 30.7 Å². The number of carbonyl (C=O) groups is 2. The van der Waals surface area contributed by atoms with E-state index in [0.717, 1.165) is 11.1 Å². The van der Waals surface area contributed by atoms with Crippen molar-refractivity contribution >= 4 is 21.7 Å². The number of nitrogens with zero attached hydrogens (tertiary/aromatic N) is 2. The summed E-state index contributed by atoms with van der Waals surface area (Å²) in [6, 6.07) is 8.05. The molecular formula is C21H24N2O5S. The fraction of sp³-hybridized carbons (Fsp3) is 0.524. The molecule has 2 unspecified atom stereocenters. The summed E-state index contributed by atoms with van der Waals surface area (Å²) in [7, 11) is -3.07. The van der Waals surface area contributed by atoms with Crippen LogP contribution in [0.1, 0.15) is 11.1 Å². The summed E-state index contributed by atoms with van der Waals surface area (Å²) in [5, 5.41) is 0. The first-order valence-electron chi connectivity index (χ1n) is 9.99. The maximum atomic E-state index is 13.3. The summed E-state index contributed by atoms with van der Waals surface area (Å²) in [5.41, 5.74) is 1.45. The molecule has 1 aromatic carbocycles. The fourth-order valence-electron chi connectivity index (χ4n) is 5.17. The van der Waals surface area contributed by atoms with Crippen molar-refractivity contribution in [2.75, 3.05) is 31.1 Å². The minimum absolute atomic E-state index is 0.0178. The van der Waals surface area contributed by atoms with Gasteiger partial charge in [-0.05, 0) is 12.5 Å². The van der Waals surface area contributed by atoms with E-state index in [2.05, 4.69) is 6.07 Å². The predicted octanol–water partition coefficient (Wildman–Crippen LogP) is 0.534. The summed E-state index contributed by atoms with van der Waals surface area (Å²) in [5.74, 6) is -1.36. The zero-order valence-electron chi connectivity index (χ0n) is 16.3. The normalized spacial score (nSPS) is 34.7. The molecule has 4 aliphatic rings. The number of sulfone groups is 1. The SMILES string of the molecule is Cc1cccc(CN2C[C@]34C=C[C@H](O3)C(C(=O)N3CCS(=O)(=O)CC3)C4C2=O)c1. The molecule has 4 aliphatic heterocycles. The number of aryl methyl sites for hydroxylation is 1. The van der Waals surface area contributed by atoms with Gasteiger partial charge in [-0.25, -0.2) is 8.42 Å². The van der Waals surface area contributed by atoms with Gasteiger partial charge in [-0.1, -0.05) is 42.0 Å². The molecule has 0 aliphatic carbocycles. The molecule has 3 fully saturated rings. The first-order valence-corrected chi connectivity index (χ1v) is 11.8. The molecule has 3 saturated heterocycles. The number of likely N-dealkylation sites (tertiary alicyclic amines) is 1. The molecule has 0 aromatic heterocycles. The quantitative estimate of drug-likeness (QED) is 0.672. The van der Waals surface area contributed by atoms with Crippen LogP contribution in [-0.4, -0.2) is 72.9 Å². The molecule has 2 bridgehead atoms. The monoisotopic (exact) mass is 416 g/mol. The lowest BCUT2D eigenvalue weighted by Crippen LogP contribution is -2.50. The van der Waals surface area contributed by atoms with E-state index in [1.807, 2.05) is 37.3 Å². The number of fused-ring (bicyclic) bond motifs is 1. The molecule has 4 heterocycles. The van der Waals surface area contributed by atoms with Gasteiger partial charge in [0.1, 0.15) is 5.60 Å². The van der Waals surface area contributed by atoms with E-state index in [0.29, 0.717) is 13.1 Å². The number of carbonyl (C=O) groups excluding carboxylic acids is 2. The molecule has 154 valence electrons. The van der Waals surface area contributed by atoms with Crippen LogP contribution in [0, 0.1) is 18.8 Å². The van der Waals surface area contributed by atoms with Crippen LogP contribution in [0.25, 0.3) is 0 Å². The summed E-state index contributed by atoms with van der Waals surface area (Å²) in [6.07, 6.45) is 3.43. The topological polar surface area (TPSA) is 84.0 Å². The molecule has 1 aromatic rings. The van der Waals surface area contributed by atoms with E-state index in [9.17, 15) is 18.0 Å². The largest absolute Gasteiger partial charge is 0.360 e. The number of hydrogen-bond donors (Lipinski definition) is 0. The second-order valence-corrected chi connectivity index (χ2v) is 10.9. The average Bonchev–Trinajstić information content (AvgIpc) is 3.30. The Labute approximate surface area is 170 Å². The Morgan fingerprint density at radius 1 is 1.28 bits per heavy atom. The maximum absolute atomic E-state index is 13.3. The second-order valence-electron chi connectivity index (χ2n) is 8.56. The van der Waals surface area contributed by atoms with Crippen LogP contribution >= 0.6 is 0 Å².